The molecule has 8 nitrogen and oxygen atoms in total. The quantitative estimate of drug-likeness (QED) is 0.521. The number of nitro benzene ring substituents is 1. The minimum atomic E-state index is -4.81. The number of pyridine rings is 1. The fourth-order valence-corrected chi connectivity index (χ4v) is 2.48. The lowest BCUT2D eigenvalue weighted by Gasteiger charge is -2.14. The maximum absolute atomic E-state index is 12.8. The molecule has 0 unspecified atom stereocenters. The van der Waals surface area contributed by atoms with Gasteiger partial charge < -0.3 is 0 Å². The lowest BCUT2D eigenvalue weighted by Crippen LogP contribution is -2.43. The van der Waals surface area contributed by atoms with Gasteiger partial charge in [0, 0.05) is 18.3 Å². The van der Waals surface area contributed by atoms with Crippen molar-refractivity contribution in [3.05, 3.63) is 73.5 Å². The summed E-state index contributed by atoms with van der Waals surface area (Å²) >= 11 is 0. The molecular weight excluding hydrogens is 357 g/mol. The minimum absolute atomic E-state index is 0.0306. The minimum Gasteiger partial charge on any atom is -0.268 e. The molecule has 0 N–H and O–H groups in total. The van der Waals surface area contributed by atoms with Gasteiger partial charge in [-0.05, 0) is 18.2 Å². The van der Waals surface area contributed by atoms with Gasteiger partial charge in [-0.15, -0.1) is 0 Å². The average molecular weight is 366 g/mol. The first kappa shape index (κ1) is 17.3. The first-order valence-electron chi connectivity index (χ1n) is 7.11. The summed E-state index contributed by atoms with van der Waals surface area (Å²) in [5, 5.41) is 10.7. The Labute approximate surface area is 141 Å². The zero-order valence-corrected chi connectivity index (χ0v) is 12.8. The van der Waals surface area contributed by atoms with Crippen LogP contribution in [0.15, 0.2) is 52.2 Å². The van der Waals surface area contributed by atoms with Crippen molar-refractivity contribution in [2.24, 2.45) is 0 Å². The highest BCUT2D eigenvalue weighted by Crippen LogP contribution is 2.19. The second-order valence-electron chi connectivity index (χ2n) is 5.28. The van der Waals surface area contributed by atoms with Crippen LogP contribution < -0.4 is 11.2 Å². The van der Waals surface area contributed by atoms with Gasteiger partial charge in [0.1, 0.15) is 6.54 Å². The molecule has 134 valence electrons. The molecule has 11 heteroatoms. The van der Waals surface area contributed by atoms with Crippen molar-refractivity contribution in [1.82, 2.24) is 14.1 Å². The summed E-state index contributed by atoms with van der Waals surface area (Å²) in [5.41, 5.74) is -3.08. The molecule has 0 aliphatic rings. The van der Waals surface area contributed by atoms with E-state index in [1.54, 1.807) is 0 Å². The van der Waals surface area contributed by atoms with Crippen molar-refractivity contribution in [2.75, 3.05) is 0 Å². The summed E-state index contributed by atoms with van der Waals surface area (Å²) in [5.74, 6) is 0. The highest BCUT2D eigenvalue weighted by Gasteiger charge is 2.31. The number of alkyl halides is 3. The molecule has 3 aromatic rings. The van der Waals surface area contributed by atoms with Crippen LogP contribution in [0.4, 0.5) is 18.9 Å². The second-order valence-corrected chi connectivity index (χ2v) is 5.28. The van der Waals surface area contributed by atoms with Gasteiger partial charge in [0.25, 0.3) is 11.2 Å². The third kappa shape index (κ3) is 3.06. The Balaban J connectivity index is 2.42. The number of non-ortho nitro benzene ring substituents is 1. The molecule has 0 bridgehead atoms. The number of nitrogens with zero attached hydrogens (tertiary/aromatic N) is 4. The van der Waals surface area contributed by atoms with Crippen molar-refractivity contribution >= 4 is 16.7 Å². The fourth-order valence-electron chi connectivity index (χ4n) is 2.48. The normalized spacial score (nSPS) is 11.7. The smallest absolute Gasteiger partial charge is 0.268 e. The Morgan fingerprint density at radius 1 is 1.15 bits per heavy atom. The molecule has 0 atom stereocenters. The van der Waals surface area contributed by atoms with Crippen LogP contribution in [-0.2, 0) is 6.54 Å². The lowest BCUT2D eigenvalue weighted by atomic mass is 10.2. The summed E-state index contributed by atoms with van der Waals surface area (Å²) in [6.07, 6.45) is -3.55. The van der Waals surface area contributed by atoms with Crippen molar-refractivity contribution in [1.29, 1.82) is 0 Å². The number of nitro groups is 1. The van der Waals surface area contributed by atoms with Crippen molar-refractivity contribution in [3.8, 4) is 5.69 Å². The van der Waals surface area contributed by atoms with E-state index < -0.39 is 28.9 Å². The van der Waals surface area contributed by atoms with Gasteiger partial charge in [-0.1, -0.05) is 6.07 Å². The number of hydrogen-bond donors (Lipinski definition) is 0. The van der Waals surface area contributed by atoms with Crippen LogP contribution >= 0.6 is 0 Å². The van der Waals surface area contributed by atoms with Crippen molar-refractivity contribution in [2.45, 2.75) is 12.7 Å². The highest BCUT2D eigenvalue weighted by molar-refractivity contribution is 5.75. The second kappa shape index (κ2) is 6.10. The van der Waals surface area contributed by atoms with Gasteiger partial charge in [-0.25, -0.2) is 14.3 Å². The van der Waals surface area contributed by atoms with E-state index in [1.165, 1.54) is 30.5 Å². The maximum Gasteiger partial charge on any atom is 0.406 e. The summed E-state index contributed by atoms with van der Waals surface area (Å²) in [6.45, 7) is -1.79. The number of aromatic nitrogens is 3. The van der Waals surface area contributed by atoms with E-state index >= 15 is 0 Å². The van der Waals surface area contributed by atoms with E-state index in [0.29, 0.717) is 0 Å². The molecule has 0 radical (unpaired) electrons. The summed E-state index contributed by atoms with van der Waals surface area (Å²) in [7, 11) is 0. The Morgan fingerprint density at radius 2 is 1.88 bits per heavy atom. The largest absolute Gasteiger partial charge is 0.406 e. The zero-order valence-electron chi connectivity index (χ0n) is 12.8. The molecule has 0 aliphatic carbocycles. The van der Waals surface area contributed by atoms with Crippen LogP contribution in [0, 0.1) is 10.1 Å². The van der Waals surface area contributed by atoms with E-state index in [9.17, 15) is 32.9 Å². The van der Waals surface area contributed by atoms with E-state index in [-0.39, 0.29) is 27.0 Å². The number of rotatable bonds is 3. The first-order valence-corrected chi connectivity index (χ1v) is 7.11. The lowest BCUT2D eigenvalue weighted by molar-refractivity contribution is -0.384. The summed E-state index contributed by atoms with van der Waals surface area (Å²) in [6, 6.07) is 7.31. The highest BCUT2D eigenvalue weighted by atomic mass is 19.4. The summed E-state index contributed by atoms with van der Waals surface area (Å²) in [4.78, 5) is 39.0. The van der Waals surface area contributed by atoms with Crippen LogP contribution in [0.5, 0.6) is 0 Å². The topological polar surface area (TPSA) is 100 Å². The Morgan fingerprint density at radius 3 is 2.54 bits per heavy atom. The van der Waals surface area contributed by atoms with Crippen LogP contribution in [-0.4, -0.2) is 25.2 Å². The number of hydrogen-bond acceptors (Lipinski definition) is 5. The van der Waals surface area contributed by atoms with E-state index in [1.807, 2.05) is 0 Å². The molecule has 0 spiro atoms. The molecule has 0 saturated carbocycles. The van der Waals surface area contributed by atoms with Gasteiger partial charge in [0.2, 0.25) is 0 Å². The number of fused-ring (bicyclic) bond motifs is 1. The summed E-state index contributed by atoms with van der Waals surface area (Å²) < 4.78 is 39.2. The molecule has 26 heavy (non-hydrogen) atoms. The predicted molar refractivity (Wildman–Crippen MR) is 84.3 cm³/mol. The van der Waals surface area contributed by atoms with Gasteiger partial charge >= 0.3 is 11.9 Å². The molecule has 3 rings (SSSR count). The van der Waals surface area contributed by atoms with E-state index in [2.05, 4.69) is 4.98 Å². The Bertz CT molecular complexity index is 1130. The predicted octanol–water partition coefficient (Wildman–Crippen LogP) is 2.02. The molecule has 0 fully saturated rings. The Hall–Kier alpha value is -3.50. The SMILES string of the molecule is O=c1c2cccnc2n(-c2cccc([N+](=O)[O-])c2)c(=O)n1CC(F)(F)F. The average Bonchev–Trinajstić information content (AvgIpc) is 2.58. The van der Waals surface area contributed by atoms with Crippen LogP contribution in [0.2, 0.25) is 0 Å². The Kier molecular flexibility index (Phi) is 4.06. The van der Waals surface area contributed by atoms with Crippen LogP contribution in [0.25, 0.3) is 16.7 Å². The molecule has 2 heterocycles. The van der Waals surface area contributed by atoms with E-state index in [0.717, 1.165) is 16.7 Å². The van der Waals surface area contributed by atoms with Crippen molar-refractivity contribution in [3.63, 3.8) is 0 Å². The standard InChI is InChI=1S/C15H9F3N4O4/c16-15(17,18)8-20-13(23)11-5-2-6-19-12(11)21(14(20)24)9-3-1-4-10(7-9)22(25)26/h1-7H,8H2. The number of benzene rings is 1. The monoisotopic (exact) mass is 366 g/mol. The van der Waals surface area contributed by atoms with Crippen LogP contribution in [0.3, 0.4) is 0 Å². The molecule has 0 saturated heterocycles. The van der Waals surface area contributed by atoms with Gasteiger partial charge in [-0.2, -0.15) is 13.2 Å². The third-order valence-corrected chi connectivity index (χ3v) is 3.53. The van der Waals surface area contributed by atoms with Gasteiger partial charge in [-0.3, -0.25) is 19.5 Å². The maximum atomic E-state index is 12.8. The first-order chi connectivity index (χ1) is 12.2. The molecule has 0 amide bonds. The molecule has 2 aromatic heterocycles. The van der Waals surface area contributed by atoms with Crippen LogP contribution in [0.1, 0.15) is 0 Å². The number of halogens is 3. The van der Waals surface area contributed by atoms with Gasteiger partial charge in [0.15, 0.2) is 5.65 Å². The zero-order chi connectivity index (χ0) is 19.1. The fraction of sp³-hybridized carbons (Fsp3) is 0.133. The molecule has 1 aromatic carbocycles. The molecule has 0 aliphatic heterocycles. The van der Waals surface area contributed by atoms with E-state index in [4.69, 9.17) is 0 Å². The molecular formula is C15H9F3N4O4. The van der Waals surface area contributed by atoms with Crippen molar-refractivity contribution < 1.29 is 18.1 Å². The third-order valence-electron chi connectivity index (χ3n) is 3.53. The van der Waals surface area contributed by atoms with Gasteiger partial charge in [0.05, 0.1) is 16.0 Å².